The Labute approximate surface area is 223 Å². The lowest BCUT2D eigenvalue weighted by Gasteiger charge is -2.29. The SMILES string of the molecule is CSc1nc(N2CCNCC2)c2cc(Cl)nc(Oc3c(Cl)c(Cl)cc4c3cnn4PI)c2n1. The van der Waals surface area contributed by atoms with Gasteiger partial charge in [0.15, 0.2) is 10.9 Å². The molecule has 0 bridgehead atoms. The molecule has 1 aliphatic heterocycles. The summed E-state index contributed by atoms with van der Waals surface area (Å²) in [5.41, 5.74) is 1.37. The van der Waals surface area contributed by atoms with Gasteiger partial charge in [0.2, 0.25) is 5.88 Å². The molecule has 172 valence electrons. The summed E-state index contributed by atoms with van der Waals surface area (Å²) in [5.74, 6) is 1.41. The van der Waals surface area contributed by atoms with Gasteiger partial charge in [-0.1, -0.05) is 46.6 Å². The van der Waals surface area contributed by atoms with E-state index in [-0.39, 0.29) is 16.1 Å². The molecule has 1 aliphatic rings. The van der Waals surface area contributed by atoms with E-state index < -0.39 is 0 Å². The third-order valence-corrected chi connectivity index (χ3v) is 8.58. The molecule has 8 nitrogen and oxygen atoms in total. The van der Waals surface area contributed by atoms with Gasteiger partial charge in [0.25, 0.3) is 0 Å². The van der Waals surface area contributed by atoms with Crippen molar-refractivity contribution in [2.75, 3.05) is 37.3 Å². The molecule has 0 saturated carbocycles. The first kappa shape index (κ1) is 23.8. The molecule has 0 aliphatic carbocycles. The molecule has 0 spiro atoms. The Bertz CT molecular complexity index is 1370. The number of nitrogens with zero attached hydrogens (tertiary/aromatic N) is 6. The molecule has 33 heavy (non-hydrogen) atoms. The fourth-order valence-electron chi connectivity index (χ4n) is 3.66. The predicted octanol–water partition coefficient (Wildman–Crippen LogP) is 6.05. The fourth-order valence-corrected chi connectivity index (χ4v) is 6.12. The van der Waals surface area contributed by atoms with Crippen molar-refractivity contribution in [3.05, 3.63) is 33.5 Å². The van der Waals surface area contributed by atoms with Gasteiger partial charge in [-0.15, -0.1) is 0 Å². The number of hydrogen-bond acceptors (Lipinski definition) is 8. The molecular formula is C19H16Cl3IN7OPS. The summed E-state index contributed by atoms with van der Waals surface area (Å²) in [5, 5.41) is 10.8. The highest BCUT2D eigenvalue weighted by Gasteiger charge is 2.23. The maximum atomic E-state index is 6.57. The van der Waals surface area contributed by atoms with Crippen LogP contribution in [-0.2, 0) is 0 Å². The van der Waals surface area contributed by atoms with Gasteiger partial charge in [0, 0.05) is 26.2 Å². The molecule has 1 fully saturated rings. The summed E-state index contributed by atoms with van der Waals surface area (Å²) >= 11 is 23.1. The van der Waals surface area contributed by atoms with Gasteiger partial charge in [-0.25, -0.2) is 14.4 Å². The number of pyridine rings is 1. The number of nitrogens with one attached hydrogen (secondary N) is 1. The van der Waals surface area contributed by atoms with Gasteiger partial charge in [0.05, 0.1) is 33.9 Å². The summed E-state index contributed by atoms with van der Waals surface area (Å²) < 4.78 is 8.14. The molecule has 1 atom stereocenters. The molecule has 14 heteroatoms. The highest BCUT2D eigenvalue weighted by molar-refractivity contribution is 14.2. The van der Waals surface area contributed by atoms with Gasteiger partial charge in [-0.3, -0.25) is 0 Å². The number of benzene rings is 1. The summed E-state index contributed by atoms with van der Waals surface area (Å²) in [4.78, 5) is 16.1. The van der Waals surface area contributed by atoms with Crippen molar-refractivity contribution in [2.45, 2.75) is 5.16 Å². The Morgan fingerprint density at radius 3 is 2.64 bits per heavy atom. The molecule has 1 unspecified atom stereocenters. The summed E-state index contributed by atoms with van der Waals surface area (Å²) in [7, 11) is 0. The van der Waals surface area contributed by atoms with Crippen LogP contribution in [0.25, 0.3) is 21.8 Å². The van der Waals surface area contributed by atoms with Crippen LogP contribution in [0.1, 0.15) is 0 Å². The van der Waals surface area contributed by atoms with Crippen LogP contribution in [0.4, 0.5) is 5.82 Å². The summed E-state index contributed by atoms with van der Waals surface area (Å²) in [6, 6.07) is 3.56. The second-order valence-electron chi connectivity index (χ2n) is 7.09. The molecule has 1 saturated heterocycles. The van der Waals surface area contributed by atoms with Gasteiger partial charge in [-0.05, 0) is 40.4 Å². The lowest BCUT2D eigenvalue weighted by atomic mass is 10.2. The minimum atomic E-state index is 0.238. The molecule has 3 aromatic heterocycles. The van der Waals surface area contributed by atoms with Crippen molar-refractivity contribution in [3.63, 3.8) is 0 Å². The van der Waals surface area contributed by atoms with Crippen LogP contribution in [0.15, 0.2) is 23.5 Å². The van der Waals surface area contributed by atoms with E-state index in [2.05, 4.69) is 42.3 Å². The number of thioether (sulfide) groups is 1. The first-order chi connectivity index (χ1) is 16.0. The zero-order valence-electron chi connectivity index (χ0n) is 17.1. The lowest BCUT2D eigenvalue weighted by molar-refractivity contribution is 0.473. The molecular weight excluding hydrogens is 639 g/mol. The van der Waals surface area contributed by atoms with Crippen molar-refractivity contribution >= 4 is 103 Å². The monoisotopic (exact) mass is 653 g/mol. The molecule has 1 N–H and O–H groups in total. The number of fused-ring (bicyclic) bond motifs is 2. The summed E-state index contributed by atoms with van der Waals surface area (Å²) in [6.45, 7) is 3.40. The molecule has 1 aromatic carbocycles. The van der Waals surface area contributed by atoms with Crippen molar-refractivity contribution in [1.82, 2.24) is 29.8 Å². The van der Waals surface area contributed by atoms with E-state index in [1.807, 2.05) is 10.7 Å². The number of aromatic nitrogens is 5. The third kappa shape index (κ3) is 4.55. The molecule has 4 heterocycles. The fraction of sp³-hybridized carbons (Fsp3) is 0.263. The third-order valence-electron chi connectivity index (χ3n) is 5.18. The first-order valence-electron chi connectivity index (χ1n) is 9.78. The number of hydrogen-bond donors (Lipinski definition) is 1. The zero-order valence-corrected chi connectivity index (χ0v) is 23.3. The maximum Gasteiger partial charge on any atom is 0.247 e. The van der Waals surface area contributed by atoms with Crippen LogP contribution in [0.3, 0.4) is 0 Å². The van der Waals surface area contributed by atoms with E-state index in [9.17, 15) is 0 Å². The van der Waals surface area contributed by atoms with Crippen LogP contribution in [-0.4, -0.2) is 56.9 Å². The maximum absolute atomic E-state index is 6.57. The number of ether oxygens (including phenoxy) is 1. The zero-order chi connectivity index (χ0) is 23.1. The van der Waals surface area contributed by atoms with Crippen LogP contribution < -0.4 is 15.0 Å². The van der Waals surface area contributed by atoms with Crippen molar-refractivity contribution in [3.8, 4) is 11.6 Å². The minimum absolute atomic E-state index is 0.238. The van der Waals surface area contributed by atoms with Gasteiger partial charge in [-0.2, -0.15) is 10.1 Å². The average molecular weight is 655 g/mol. The van der Waals surface area contributed by atoms with Crippen LogP contribution >= 0.6 is 75.0 Å². The largest absolute Gasteiger partial charge is 0.435 e. The average Bonchev–Trinajstić information content (AvgIpc) is 3.24. The van der Waals surface area contributed by atoms with Crippen LogP contribution in [0, 0.1) is 0 Å². The van der Waals surface area contributed by atoms with Crippen LogP contribution in [0.2, 0.25) is 15.2 Å². The molecule has 4 aromatic rings. The minimum Gasteiger partial charge on any atom is -0.435 e. The van der Waals surface area contributed by atoms with E-state index in [0.717, 1.165) is 48.3 Å². The van der Waals surface area contributed by atoms with E-state index >= 15 is 0 Å². The normalized spacial score (nSPS) is 14.8. The molecule has 0 radical (unpaired) electrons. The number of piperazine rings is 1. The molecule has 0 amide bonds. The van der Waals surface area contributed by atoms with E-state index in [4.69, 9.17) is 49.5 Å². The number of halogens is 4. The standard InChI is InChI=1S/C19H16Cl3IN7OPS/c1-33-19-27-15-9(17(28-19)29-4-2-24-3-5-29)6-13(21)26-18(15)31-16-10-8-25-30(32-23)12(10)7-11(20)14(16)22/h6-8,24,32H,2-5H2,1H3. The first-order valence-corrected chi connectivity index (χ1v) is 16.2. The Morgan fingerprint density at radius 1 is 1.12 bits per heavy atom. The number of anilines is 1. The second-order valence-corrected chi connectivity index (χ2v) is 11.1. The van der Waals surface area contributed by atoms with Crippen LogP contribution in [0.5, 0.6) is 11.6 Å². The Morgan fingerprint density at radius 2 is 1.91 bits per heavy atom. The number of rotatable bonds is 5. The van der Waals surface area contributed by atoms with Gasteiger partial charge in [0.1, 0.15) is 21.5 Å². The van der Waals surface area contributed by atoms with Crippen molar-refractivity contribution < 1.29 is 4.74 Å². The van der Waals surface area contributed by atoms with E-state index in [0.29, 0.717) is 27.8 Å². The highest BCUT2D eigenvalue weighted by atomic mass is 127. The van der Waals surface area contributed by atoms with Gasteiger partial charge < -0.3 is 15.0 Å². The Kier molecular flexibility index (Phi) is 7.23. The van der Waals surface area contributed by atoms with E-state index in [1.54, 1.807) is 18.3 Å². The predicted molar refractivity (Wildman–Crippen MR) is 147 cm³/mol. The quantitative estimate of drug-likeness (QED) is 0.0917. The second kappa shape index (κ2) is 10.0. The van der Waals surface area contributed by atoms with Gasteiger partial charge >= 0.3 is 0 Å². The molecule has 5 rings (SSSR count). The Hall–Kier alpha value is -0.880. The van der Waals surface area contributed by atoms with Crippen molar-refractivity contribution in [1.29, 1.82) is 0 Å². The smallest absolute Gasteiger partial charge is 0.247 e. The summed E-state index contributed by atoms with van der Waals surface area (Å²) in [6.07, 6.45) is 4.04. The highest BCUT2D eigenvalue weighted by Crippen LogP contribution is 2.44. The Balaban J connectivity index is 1.71. The van der Waals surface area contributed by atoms with E-state index in [1.165, 1.54) is 11.8 Å². The van der Waals surface area contributed by atoms with Crippen molar-refractivity contribution in [2.24, 2.45) is 0 Å². The lowest BCUT2D eigenvalue weighted by Crippen LogP contribution is -2.44. The topological polar surface area (TPSA) is 81.0 Å².